The third-order valence-electron chi connectivity index (χ3n) is 1.82. The van der Waals surface area contributed by atoms with Gasteiger partial charge in [0.15, 0.2) is 10.8 Å². The van der Waals surface area contributed by atoms with Gasteiger partial charge < -0.3 is 0 Å². The van der Waals surface area contributed by atoms with Crippen LogP contribution in [0.4, 0.5) is 0 Å². The maximum absolute atomic E-state index is 4.42. The van der Waals surface area contributed by atoms with E-state index in [-0.39, 0.29) is 0 Å². The van der Waals surface area contributed by atoms with E-state index in [0.29, 0.717) is 5.82 Å². The van der Waals surface area contributed by atoms with Crippen LogP contribution in [0.15, 0.2) is 22.6 Å². The summed E-state index contributed by atoms with van der Waals surface area (Å²) in [6.07, 6.45) is 1.47. The van der Waals surface area contributed by atoms with E-state index in [9.17, 15) is 0 Å². The van der Waals surface area contributed by atoms with E-state index in [2.05, 4.69) is 25.1 Å². The highest BCUT2D eigenvalue weighted by molar-refractivity contribution is 7.13. The Balaban J connectivity index is 2.02. The van der Waals surface area contributed by atoms with Gasteiger partial charge >= 0.3 is 0 Å². The number of rotatable bonds is 2. The molecule has 0 radical (unpaired) electrons. The predicted molar refractivity (Wildman–Crippen MR) is 58.6 cm³/mol. The largest absolute Gasteiger partial charge is 0.257 e. The molecule has 3 rings (SSSR count). The van der Waals surface area contributed by atoms with Gasteiger partial charge in [0.05, 0.1) is 5.51 Å². The van der Waals surface area contributed by atoms with E-state index in [0.717, 1.165) is 16.4 Å². The van der Waals surface area contributed by atoms with Crippen molar-refractivity contribution in [1.29, 1.82) is 0 Å². The van der Waals surface area contributed by atoms with Crippen LogP contribution in [-0.2, 0) is 0 Å². The number of H-pyrrole nitrogens is 1. The van der Waals surface area contributed by atoms with Crippen molar-refractivity contribution in [1.82, 2.24) is 25.1 Å². The number of nitrogens with zero attached hydrogens (tertiary/aromatic N) is 4. The molecule has 0 aromatic carbocycles. The molecular formula is C8H5N5S2. The summed E-state index contributed by atoms with van der Waals surface area (Å²) < 4.78 is 0. The Morgan fingerprint density at radius 3 is 2.87 bits per heavy atom. The SMILES string of the molecule is c1n[nH]c(-c2nc(-c3cscn3)cs2)n1. The van der Waals surface area contributed by atoms with Crippen molar-refractivity contribution < 1.29 is 0 Å². The molecule has 0 saturated carbocycles. The molecule has 0 saturated heterocycles. The fourth-order valence-electron chi connectivity index (χ4n) is 1.15. The highest BCUT2D eigenvalue weighted by atomic mass is 32.1. The molecule has 5 nitrogen and oxygen atoms in total. The van der Waals surface area contributed by atoms with Crippen LogP contribution >= 0.6 is 22.7 Å². The summed E-state index contributed by atoms with van der Waals surface area (Å²) in [5.41, 5.74) is 3.58. The van der Waals surface area contributed by atoms with Gasteiger partial charge in [0.2, 0.25) is 0 Å². The van der Waals surface area contributed by atoms with Crippen molar-refractivity contribution in [3.05, 3.63) is 22.6 Å². The number of hydrogen-bond acceptors (Lipinski definition) is 6. The number of aromatic nitrogens is 5. The van der Waals surface area contributed by atoms with E-state index >= 15 is 0 Å². The van der Waals surface area contributed by atoms with Gasteiger partial charge in [-0.1, -0.05) is 0 Å². The molecule has 0 spiro atoms. The molecular weight excluding hydrogens is 230 g/mol. The Labute approximate surface area is 92.9 Å². The minimum Gasteiger partial charge on any atom is -0.257 e. The van der Waals surface area contributed by atoms with Gasteiger partial charge in [0.25, 0.3) is 0 Å². The van der Waals surface area contributed by atoms with Crippen LogP contribution in [0.1, 0.15) is 0 Å². The van der Waals surface area contributed by atoms with E-state index < -0.39 is 0 Å². The zero-order valence-corrected chi connectivity index (χ0v) is 9.05. The first-order chi connectivity index (χ1) is 7.43. The van der Waals surface area contributed by atoms with Gasteiger partial charge in [-0.25, -0.2) is 15.0 Å². The highest BCUT2D eigenvalue weighted by Crippen LogP contribution is 2.26. The Morgan fingerprint density at radius 1 is 1.13 bits per heavy atom. The van der Waals surface area contributed by atoms with Crippen molar-refractivity contribution in [3.63, 3.8) is 0 Å². The minimum atomic E-state index is 0.696. The molecule has 15 heavy (non-hydrogen) atoms. The Kier molecular flexibility index (Phi) is 2.04. The predicted octanol–water partition coefficient (Wildman–Crippen LogP) is 2.05. The summed E-state index contributed by atoms with van der Waals surface area (Å²) in [6.45, 7) is 0. The van der Waals surface area contributed by atoms with Crippen LogP contribution in [-0.4, -0.2) is 25.1 Å². The average molecular weight is 235 g/mol. The first kappa shape index (κ1) is 8.69. The second-order valence-electron chi connectivity index (χ2n) is 2.75. The molecule has 3 aromatic heterocycles. The standard InChI is InChI=1S/C8H5N5S2/c1-5(10-4-14-1)6-2-15-8(12-6)7-9-3-11-13-7/h1-4H,(H,9,11,13). The van der Waals surface area contributed by atoms with Gasteiger partial charge in [0, 0.05) is 10.8 Å². The zero-order chi connectivity index (χ0) is 10.1. The molecule has 3 aromatic rings. The third-order valence-corrected chi connectivity index (χ3v) is 3.25. The molecule has 0 aliphatic rings. The Morgan fingerprint density at radius 2 is 2.13 bits per heavy atom. The van der Waals surface area contributed by atoms with Crippen molar-refractivity contribution >= 4 is 22.7 Å². The third kappa shape index (κ3) is 1.55. The van der Waals surface area contributed by atoms with E-state index in [4.69, 9.17) is 0 Å². The minimum absolute atomic E-state index is 0.696. The second-order valence-corrected chi connectivity index (χ2v) is 4.32. The molecule has 0 atom stereocenters. The molecule has 0 bridgehead atoms. The summed E-state index contributed by atoms with van der Waals surface area (Å²) in [4.78, 5) is 12.7. The molecule has 7 heteroatoms. The summed E-state index contributed by atoms with van der Waals surface area (Å²) in [5.74, 6) is 0.696. The maximum atomic E-state index is 4.42. The molecule has 1 N–H and O–H groups in total. The van der Waals surface area contributed by atoms with Crippen LogP contribution in [0.2, 0.25) is 0 Å². The highest BCUT2D eigenvalue weighted by Gasteiger charge is 2.09. The van der Waals surface area contributed by atoms with Crippen molar-refractivity contribution in [2.45, 2.75) is 0 Å². The molecule has 0 aliphatic heterocycles. The molecule has 0 unspecified atom stereocenters. The number of nitrogens with one attached hydrogen (secondary N) is 1. The molecule has 3 heterocycles. The Bertz CT molecular complexity index is 491. The number of hydrogen-bond donors (Lipinski definition) is 1. The van der Waals surface area contributed by atoms with Crippen molar-refractivity contribution in [3.8, 4) is 22.2 Å². The van der Waals surface area contributed by atoms with Crippen molar-refractivity contribution in [2.75, 3.05) is 0 Å². The molecule has 0 aliphatic carbocycles. The lowest BCUT2D eigenvalue weighted by Gasteiger charge is -1.87. The Hall–Kier alpha value is -1.60. The monoisotopic (exact) mass is 235 g/mol. The zero-order valence-electron chi connectivity index (χ0n) is 7.41. The van der Waals surface area contributed by atoms with Crippen LogP contribution in [0.3, 0.4) is 0 Å². The second kappa shape index (κ2) is 3.52. The average Bonchev–Trinajstić information content (AvgIpc) is 3.02. The van der Waals surface area contributed by atoms with Crippen LogP contribution in [0, 0.1) is 0 Å². The van der Waals surface area contributed by atoms with Gasteiger partial charge in [-0.3, -0.25) is 5.10 Å². The first-order valence-electron chi connectivity index (χ1n) is 4.13. The van der Waals surface area contributed by atoms with Crippen LogP contribution in [0.25, 0.3) is 22.2 Å². The normalized spacial score (nSPS) is 10.7. The van der Waals surface area contributed by atoms with Crippen LogP contribution < -0.4 is 0 Å². The van der Waals surface area contributed by atoms with Gasteiger partial charge in [-0.2, -0.15) is 5.10 Å². The van der Waals surface area contributed by atoms with Crippen molar-refractivity contribution in [2.24, 2.45) is 0 Å². The number of aromatic amines is 1. The number of thiazole rings is 2. The summed E-state index contributed by atoms with van der Waals surface area (Å²) >= 11 is 3.08. The summed E-state index contributed by atoms with van der Waals surface area (Å²) in [6, 6.07) is 0. The lowest BCUT2D eigenvalue weighted by Crippen LogP contribution is -1.80. The van der Waals surface area contributed by atoms with Gasteiger partial charge in [-0.05, 0) is 0 Å². The quantitative estimate of drug-likeness (QED) is 0.738. The topological polar surface area (TPSA) is 67.3 Å². The summed E-state index contributed by atoms with van der Waals surface area (Å²) in [5, 5.41) is 11.3. The maximum Gasteiger partial charge on any atom is 0.184 e. The van der Waals surface area contributed by atoms with Gasteiger partial charge in [0.1, 0.15) is 17.7 Å². The van der Waals surface area contributed by atoms with E-state index in [1.807, 2.05) is 10.8 Å². The smallest absolute Gasteiger partial charge is 0.184 e. The fourth-order valence-corrected chi connectivity index (χ4v) is 2.45. The lowest BCUT2D eigenvalue weighted by atomic mass is 10.4. The molecule has 0 fully saturated rings. The fraction of sp³-hybridized carbons (Fsp3) is 0. The molecule has 74 valence electrons. The first-order valence-corrected chi connectivity index (χ1v) is 5.95. The van der Waals surface area contributed by atoms with E-state index in [1.165, 1.54) is 17.7 Å². The summed E-state index contributed by atoms with van der Waals surface area (Å²) in [7, 11) is 0. The van der Waals surface area contributed by atoms with E-state index in [1.54, 1.807) is 16.8 Å². The van der Waals surface area contributed by atoms with Crippen LogP contribution in [0.5, 0.6) is 0 Å². The lowest BCUT2D eigenvalue weighted by molar-refractivity contribution is 1.09. The van der Waals surface area contributed by atoms with Gasteiger partial charge in [-0.15, -0.1) is 22.7 Å². The molecule has 0 amide bonds.